The molecule has 0 N–H and O–H groups in total. The molecule has 0 spiro atoms. The molecule has 0 heterocycles. The van der Waals surface area contributed by atoms with E-state index < -0.39 is 4.92 Å². The Kier molecular flexibility index (Phi) is 3.78. The summed E-state index contributed by atoms with van der Waals surface area (Å²) in [5, 5.41) is 19.5. The second kappa shape index (κ2) is 5.07. The first kappa shape index (κ1) is 12.6. The third-order valence-electron chi connectivity index (χ3n) is 2.09. The van der Waals surface area contributed by atoms with Crippen LogP contribution in [-0.2, 0) is 0 Å². The van der Waals surface area contributed by atoms with E-state index in [1.54, 1.807) is 13.0 Å². The van der Waals surface area contributed by atoms with E-state index in [-0.39, 0.29) is 35.0 Å². The number of hydrogen-bond donors (Lipinski definition) is 0. The third-order valence-corrected chi connectivity index (χ3v) is 2.09. The first-order valence-electron chi connectivity index (χ1n) is 4.87. The number of nitrogens with zero attached hydrogens (tertiary/aromatic N) is 2. The van der Waals surface area contributed by atoms with Gasteiger partial charge in [-0.3, -0.25) is 14.9 Å². The van der Waals surface area contributed by atoms with Crippen molar-refractivity contribution in [1.82, 2.24) is 0 Å². The number of rotatable bonds is 4. The average Bonchev–Trinajstić information content (AvgIpc) is 2.28. The Morgan fingerprint density at radius 3 is 2.65 bits per heavy atom. The van der Waals surface area contributed by atoms with E-state index in [2.05, 4.69) is 0 Å². The van der Waals surface area contributed by atoms with Crippen molar-refractivity contribution in [2.75, 3.05) is 6.61 Å². The molecule has 88 valence electrons. The van der Waals surface area contributed by atoms with Crippen molar-refractivity contribution in [2.45, 2.75) is 13.8 Å². The summed E-state index contributed by atoms with van der Waals surface area (Å²) >= 11 is 0. The average molecular weight is 234 g/mol. The minimum atomic E-state index is -0.676. The molecule has 0 bridgehead atoms. The highest BCUT2D eigenvalue weighted by atomic mass is 16.6. The summed E-state index contributed by atoms with van der Waals surface area (Å²) in [4.78, 5) is 21.4. The number of benzene rings is 1. The van der Waals surface area contributed by atoms with Gasteiger partial charge in [0.1, 0.15) is 17.4 Å². The summed E-state index contributed by atoms with van der Waals surface area (Å²) < 4.78 is 5.15. The van der Waals surface area contributed by atoms with Gasteiger partial charge in [-0.25, -0.2) is 0 Å². The van der Waals surface area contributed by atoms with Crippen molar-refractivity contribution < 1.29 is 14.5 Å². The smallest absolute Gasteiger partial charge is 0.290 e. The lowest BCUT2D eigenvalue weighted by Crippen LogP contribution is -2.03. The molecule has 17 heavy (non-hydrogen) atoms. The van der Waals surface area contributed by atoms with Gasteiger partial charge < -0.3 is 4.74 Å². The summed E-state index contributed by atoms with van der Waals surface area (Å²) in [6.07, 6.45) is 0. The maximum atomic E-state index is 11.3. The van der Waals surface area contributed by atoms with Crippen molar-refractivity contribution >= 4 is 11.5 Å². The summed E-state index contributed by atoms with van der Waals surface area (Å²) in [5.41, 5.74) is -0.335. The van der Waals surface area contributed by atoms with Gasteiger partial charge in [0.05, 0.1) is 23.2 Å². The fourth-order valence-electron chi connectivity index (χ4n) is 1.36. The van der Waals surface area contributed by atoms with Gasteiger partial charge in [-0.1, -0.05) is 0 Å². The summed E-state index contributed by atoms with van der Waals surface area (Å²) in [7, 11) is 0. The highest BCUT2D eigenvalue weighted by molar-refractivity contribution is 5.97. The first-order valence-corrected chi connectivity index (χ1v) is 4.87. The van der Waals surface area contributed by atoms with Gasteiger partial charge in [-0.05, 0) is 19.9 Å². The molecule has 0 aliphatic carbocycles. The minimum Gasteiger partial charge on any atom is -0.493 e. The molecule has 1 aromatic rings. The number of ether oxygens (including phenoxy) is 1. The van der Waals surface area contributed by atoms with Crippen LogP contribution in [0.5, 0.6) is 5.75 Å². The van der Waals surface area contributed by atoms with Crippen molar-refractivity contribution in [3.05, 3.63) is 33.4 Å². The van der Waals surface area contributed by atoms with Gasteiger partial charge in [0.15, 0.2) is 5.78 Å². The topological polar surface area (TPSA) is 93.2 Å². The van der Waals surface area contributed by atoms with Crippen LogP contribution < -0.4 is 4.74 Å². The molecule has 0 aliphatic rings. The molecule has 0 amide bonds. The van der Waals surface area contributed by atoms with Crippen molar-refractivity contribution in [3.8, 4) is 11.8 Å². The Hall–Kier alpha value is -2.42. The lowest BCUT2D eigenvalue weighted by Gasteiger charge is -2.08. The zero-order valence-electron chi connectivity index (χ0n) is 9.39. The largest absolute Gasteiger partial charge is 0.493 e. The van der Waals surface area contributed by atoms with Crippen LogP contribution in [0.15, 0.2) is 12.1 Å². The molecule has 1 rings (SSSR count). The van der Waals surface area contributed by atoms with Crippen LogP contribution in [0.25, 0.3) is 0 Å². The van der Waals surface area contributed by atoms with Crippen molar-refractivity contribution in [1.29, 1.82) is 5.26 Å². The molecule has 1 aromatic carbocycles. The number of nitro groups is 1. The predicted octanol–water partition coefficient (Wildman–Crippen LogP) is 2.07. The van der Waals surface area contributed by atoms with E-state index in [9.17, 15) is 14.9 Å². The molecule has 0 saturated carbocycles. The minimum absolute atomic E-state index is 0.130. The second-order valence-corrected chi connectivity index (χ2v) is 3.22. The Balaban J connectivity index is 3.48. The molecule has 0 unspecified atom stereocenters. The Labute approximate surface area is 97.6 Å². The van der Waals surface area contributed by atoms with Crippen LogP contribution >= 0.6 is 0 Å². The van der Waals surface area contributed by atoms with Gasteiger partial charge in [-0.2, -0.15) is 5.26 Å². The molecule has 0 atom stereocenters. The summed E-state index contributed by atoms with van der Waals surface area (Å²) in [6.45, 7) is 3.29. The summed E-state index contributed by atoms with van der Waals surface area (Å²) in [6, 6.07) is 3.99. The lowest BCUT2D eigenvalue weighted by molar-refractivity contribution is -0.385. The molecule has 6 nitrogen and oxygen atoms in total. The van der Waals surface area contributed by atoms with Gasteiger partial charge in [-0.15, -0.1) is 0 Å². The van der Waals surface area contributed by atoms with Crippen molar-refractivity contribution in [3.63, 3.8) is 0 Å². The SMILES string of the molecule is CCOc1cc([N+](=O)[O-])c(C#N)cc1C(C)=O. The maximum absolute atomic E-state index is 11.3. The van der Waals surface area contributed by atoms with Gasteiger partial charge in [0.25, 0.3) is 5.69 Å². The molecule has 0 radical (unpaired) electrons. The number of ketones is 1. The Morgan fingerprint density at radius 2 is 2.24 bits per heavy atom. The highest BCUT2D eigenvalue weighted by Gasteiger charge is 2.20. The maximum Gasteiger partial charge on any atom is 0.290 e. The number of hydrogen-bond acceptors (Lipinski definition) is 5. The van der Waals surface area contributed by atoms with Crippen LogP contribution in [-0.4, -0.2) is 17.3 Å². The van der Waals surface area contributed by atoms with Gasteiger partial charge in [0, 0.05) is 0 Å². The van der Waals surface area contributed by atoms with E-state index in [4.69, 9.17) is 10.00 Å². The molecule has 0 saturated heterocycles. The fraction of sp³-hybridized carbons (Fsp3) is 0.273. The monoisotopic (exact) mass is 234 g/mol. The van der Waals surface area contributed by atoms with E-state index in [1.807, 2.05) is 0 Å². The molecular formula is C11H10N2O4. The number of nitro benzene ring substituents is 1. The second-order valence-electron chi connectivity index (χ2n) is 3.22. The fourth-order valence-corrected chi connectivity index (χ4v) is 1.36. The molecule has 0 aromatic heterocycles. The van der Waals surface area contributed by atoms with Crippen LogP contribution in [0.3, 0.4) is 0 Å². The molecule has 0 fully saturated rings. The van der Waals surface area contributed by atoms with E-state index >= 15 is 0 Å². The number of Topliss-reactive ketones (excluding diaryl/α,β-unsaturated/α-hetero) is 1. The third kappa shape index (κ3) is 2.58. The van der Waals surface area contributed by atoms with Crippen LogP contribution in [0, 0.1) is 21.4 Å². The standard InChI is InChI=1S/C11H10N2O4/c1-3-17-11-5-10(13(15)16)8(6-12)4-9(11)7(2)14/h4-5H,3H2,1-2H3. The van der Waals surface area contributed by atoms with Crippen LogP contribution in [0.1, 0.15) is 29.8 Å². The van der Waals surface area contributed by atoms with E-state index in [1.165, 1.54) is 13.0 Å². The lowest BCUT2D eigenvalue weighted by atomic mass is 10.1. The zero-order chi connectivity index (χ0) is 13.0. The van der Waals surface area contributed by atoms with Crippen molar-refractivity contribution in [2.24, 2.45) is 0 Å². The van der Waals surface area contributed by atoms with Crippen LogP contribution in [0.2, 0.25) is 0 Å². The Morgan fingerprint density at radius 1 is 1.59 bits per heavy atom. The number of carbonyl (C=O) groups excluding carboxylic acids is 1. The number of carbonyl (C=O) groups is 1. The van der Waals surface area contributed by atoms with Crippen LogP contribution in [0.4, 0.5) is 5.69 Å². The van der Waals surface area contributed by atoms with E-state index in [0.29, 0.717) is 0 Å². The predicted molar refractivity (Wildman–Crippen MR) is 59.0 cm³/mol. The van der Waals surface area contributed by atoms with Gasteiger partial charge >= 0.3 is 0 Å². The quantitative estimate of drug-likeness (QED) is 0.451. The summed E-state index contributed by atoms with van der Waals surface area (Å²) in [5.74, 6) is -0.175. The molecular weight excluding hydrogens is 224 g/mol. The van der Waals surface area contributed by atoms with E-state index in [0.717, 1.165) is 6.07 Å². The Bertz CT molecular complexity index is 517. The molecule has 0 aliphatic heterocycles. The normalized spacial score (nSPS) is 9.47. The number of nitriles is 1. The highest BCUT2D eigenvalue weighted by Crippen LogP contribution is 2.29. The zero-order valence-corrected chi connectivity index (χ0v) is 9.39. The molecule has 6 heteroatoms. The first-order chi connectivity index (χ1) is 8.01. The van der Waals surface area contributed by atoms with Gasteiger partial charge in [0.2, 0.25) is 0 Å².